The molecule has 4 heteroatoms. The average Bonchev–Trinajstić information content (AvgIpc) is 2.71. The highest BCUT2D eigenvalue weighted by Crippen LogP contribution is 2.24. The lowest BCUT2D eigenvalue weighted by Gasteiger charge is -2.10. The number of hydrogen-bond donors (Lipinski definition) is 1. The van der Waals surface area contributed by atoms with Crippen LogP contribution in [0.5, 0.6) is 0 Å². The van der Waals surface area contributed by atoms with E-state index in [1.807, 2.05) is 66.7 Å². The van der Waals surface area contributed by atoms with Gasteiger partial charge in [-0.1, -0.05) is 60.7 Å². The van der Waals surface area contributed by atoms with Crippen molar-refractivity contribution in [1.82, 2.24) is 4.98 Å². The maximum absolute atomic E-state index is 12.5. The summed E-state index contributed by atoms with van der Waals surface area (Å²) in [5, 5.41) is 8.93. The molecule has 1 N–H and O–H groups in total. The fourth-order valence-electron chi connectivity index (χ4n) is 2.73. The van der Waals surface area contributed by atoms with Crippen molar-refractivity contribution in [3.63, 3.8) is 0 Å². The number of rotatable bonds is 7. The minimum Gasteiger partial charge on any atom is -0.456 e. The van der Waals surface area contributed by atoms with Gasteiger partial charge >= 0.3 is 5.97 Å². The average molecular weight is 347 g/mol. The SMILES string of the molecule is O=C(OCc1ccccc1)c1ncccc1-c1ccc(CCCO)cc1. The zero-order valence-electron chi connectivity index (χ0n) is 14.5. The third kappa shape index (κ3) is 4.55. The Morgan fingerprint density at radius 1 is 0.923 bits per heavy atom. The molecular weight excluding hydrogens is 326 g/mol. The van der Waals surface area contributed by atoms with Crippen molar-refractivity contribution in [2.45, 2.75) is 19.4 Å². The first-order valence-corrected chi connectivity index (χ1v) is 8.64. The van der Waals surface area contributed by atoms with Gasteiger partial charge in [-0.3, -0.25) is 0 Å². The number of esters is 1. The van der Waals surface area contributed by atoms with Crippen LogP contribution in [0.2, 0.25) is 0 Å². The van der Waals surface area contributed by atoms with Crippen LogP contribution in [0.1, 0.15) is 28.0 Å². The maximum atomic E-state index is 12.5. The summed E-state index contributed by atoms with van der Waals surface area (Å²) in [5.74, 6) is -0.436. The van der Waals surface area contributed by atoms with E-state index in [4.69, 9.17) is 9.84 Å². The van der Waals surface area contributed by atoms with Crippen LogP contribution in [0, 0.1) is 0 Å². The van der Waals surface area contributed by atoms with Crippen LogP contribution in [-0.4, -0.2) is 22.7 Å². The van der Waals surface area contributed by atoms with E-state index in [2.05, 4.69) is 4.98 Å². The van der Waals surface area contributed by atoms with Crippen molar-refractivity contribution in [3.05, 3.63) is 89.7 Å². The molecule has 3 rings (SSSR count). The van der Waals surface area contributed by atoms with E-state index in [0.29, 0.717) is 5.69 Å². The summed E-state index contributed by atoms with van der Waals surface area (Å²) < 4.78 is 5.42. The molecule has 0 aliphatic heterocycles. The van der Waals surface area contributed by atoms with Crippen LogP contribution in [0.3, 0.4) is 0 Å². The van der Waals surface area contributed by atoms with Crippen molar-refractivity contribution in [2.75, 3.05) is 6.61 Å². The van der Waals surface area contributed by atoms with Gasteiger partial charge in [0.05, 0.1) is 0 Å². The molecule has 0 aliphatic rings. The third-order valence-corrected chi connectivity index (χ3v) is 4.10. The van der Waals surface area contributed by atoms with Gasteiger partial charge in [-0.15, -0.1) is 0 Å². The zero-order valence-corrected chi connectivity index (χ0v) is 14.5. The van der Waals surface area contributed by atoms with Crippen LogP contribution >= 0.6 is 0 Å². The normalized spacial score (nSPS) is 10.5. The van der Waals surface area contributed by atoms with E-state index in [-0.39, 0.29) is 13.2 Å². The van der Waals surface area contributed by atoms with E-state index < -0.39 is 5.97 Å². The van der Waals surface area contributed by atoms with E-state index in [1.54, 1.807) is 6.20 Å². The number of ether oxygens (including phenoxy) is 1. The Bertz CT molecular complexity index is 845. The molecule has 26 heavy (non-hydrogen) atoms. The lowest BCUT2D eigenvalue weighted by molar-refractivity contribution is 0.0467. The number of nitrogens with zero attached hydrogens (tertiary/aromatic N) is 1. The summed E-state index contributed by atoms with van der Waals surface area (Å²) in [4.78, 5) is 16.7. The van der Waals surface area contributed by atoms with Crippen LogP contribution in [0.25, 0.3) is 11.1 Å². The topological polar surface area (TPSA) is 59.4 Å². The molecule has 0 bridgehead atoms. The molecular formula is C22H21NO3. The Labute approximate surface area is 153 Å². The molecule has 0 aliphatic carbocycles. The van der Waals surface area contributed by atoms with E-state index >= 15 is 0 Å². The molecule has 0 amide bonds. The van der Waals surface area contributed by atoms with E-state index in [9.17, 15) is 4.79 Å². The fraction of sp³-hybridized carbons (Fsp3) is 0.182. The van der Waals surface area contributed by atoms with Gasteiger partial charge in [0.25, 0.3) is 0 Å². The fourth-order valence-corrected chi connectivity index (χ4v) is 2.73. The molecule has 2 aromatic carbocycles. The highest BCUT2D eigenvalue weighted by atomic mass is 16.5. The van der Waals surface area contributed by atoms with Crippen molar-refractivity contribution in [3.8, 4) is 11.1 Å². The molecule has 0 saturated carbocycles. The van der Waals surface area contributed by atoms with Crippen LogP contribution in [0.4, 0.5) is 0 Å². The lowest BCUT2D eigenvalue weighted by atomic mass is 10.0. The summed E-state index contributed by atoms with van der Waals surface area (Å²) in [7, 11) is 0. The predicted molar refractivity (Wildman–Crippen MR) is 101 cm³/mol. The van der Waals surface area contributed by atoms with Gasteiger partial charge in [-0.25, -0.2) is 9.78 Å². The molecule has 3 aromatic rings. The maximum Gasteiger partial charge on any atom is 0.357 e. The van der Waals surface area contributed by atoms with Gasteiger partial charge in [0, 0.05) is 18.4 Å². The Morgan fingerprint density at radius 3 is 2.42 bits per heavy atom. The van der Waals surface area contributed by atoms with Gasteiger partial charge in [-0.05, 0) is 35.6 Å². The van der Waals surface area contributed by atoms with Crippen molar-refractivity contribution < 1.29 is 14.6 Å². The minimum atomic E-state index is -0.436. The predicted octanol–water partition coefficient (Wildman–Crippen LogP) is 4.03. The first-order chi connectivity index (χ1) is 12.8. The molecule has 0 saturated heterocycles. The van der Waals surface area contributed by atoms with Gasteiger partial charge in [0.15, 0.2) is 5.69 Å². The number of pyridine rings is 1. The lowest BCUT2D eigenvalue weighted by Crippen LogP contribution is -2.09. The van der Waals surface area contributed by atoms with Crippen LogP contribution in [0.15, 0.2) is 72.9 Å². The number of hydrogen-bond acceptors (Lipinski definition) is 4. The molecule has 1 heterocycles. The zero-order chi connectivity index (χ0) is 18.2. The summed E-state index contributed by atoms with van der Waals surface area (Å²) in [6.45, 7) is 0.400. The second kappa shape index (κ2) is 8.92. The smallest absolute Gasteiger partial charge is 0.357 e. The first-order valence-electron chi connectivity index (χ1n) is 8.64. The minimum absolute atomic E-state index is 0.182. The quantitative estimate of drug-likeness (QED) is 0.656. The highest BCUT2D eigenvalue weighted by Gasteiger charge is 2.15. The number of benzene rings is 2. The second-order valence-electron chi connectivity index (χ2n) is 5.99. The largest absolute Gasteiger partial charge is 0.456 e. The molecule has 4 nitrogen and oxygen atoms in total. The second-order valence-corrected chi connectivity index (χ2v) is 5.99. The number of carbonyl (C=O) groups is 1. The van der Waals surface area contributed by atoms with Crippen molar-refractivity contribution >= 4 is 5.97 Å². The van der Waals surface area contributed by atoms with Crippen molar-refractivity contribution in [1.29, 1.82) is 0 Å². The summed E-state index contributed by atoms with van der Waals surface area (Å²) in [5.41, 5.74) is 4.06. The molecule has 0 fully saturated rings. The Hall–Kier alpha value is -2.98. The van der Waals surface area contributed by atoms with Crippen LogP contribution in [-0.2, 0) is 17.8 Å². The molecule has 0 radical (unpaired) electrons. The molecule has 0 unspecified atom stereocenters. The van der Waals surface area contributed by atoms with Gasteiger partial charge in [0.1, 0.15) is 6.61 Å². The monoisotopic (exact) mass is 347 g/mol. The van der Waals surface area contributed by atoms with Gasteiger partial charge < -0.3 is 9.84 Å². The van der Waals surface area contributed by atoms with Gasteiger partial charge in [0.2, 0.25) is 0 Å². The highest BCUT2D eigenvalue weighted by molar-refractivity contribution is 5.95. The standard InChI is InChI=1S/C22H21NO3/c24-15-5-8-17-10-12-19(13-11-17)20-9-4-14-23-21(20)22(25)26-16-18-6-2-1-3-7-18/h1-4,6-7,9-14,24H,5,8,15-16H2. The number of aryl methyl sites for hydroxylation is 1. The Morgan fingerprint density at radius 2 is 1.69 bits per heavy atom. The number of aliphatic hydroxyl groups excluding tert-OH is 1. The van der Waals surface area contributed by atoms with E-state index in [0.717, 1.165) is 35.1 Å². The molecule has 132 valence electrons. The third-order valence-electron chi connectivity index (χ3n) is 4.10. The molecule has 0 atom stereocenters. The summed E-state index contributed by atoms with van der Waals surface area (Å²) in [6.07, 6.45) is 3.16. The first kappa shape index (κ1) is 17.8. The Kier molecular flexibility index (Phi) is 6.12. The van der Waals surface area contributed by atoms with E-state index in [1.165, 1.54) is 0 Å². The summed E-state index contributed by atoms with van der Waals surface area (Å²) in [6, 6.07) is 21.2. The number of carbonyl (C=O) groups excluding carboxylic acids is 1. The van der Waals surface area contributed by atoms with Crippen molar-refractivity contribution in [2.24, 2.45) is 0 Å². The molecule has 0 spiro atoms. The number of aliphatic hydroxyl groups is 1. The van der Waals surface area contributed by atoms with Crippen LogP contribution < -0.4 is 0 Å². The number of aromatic nitrogens is 1. The Balaban J connectivity index is 1.76. The molecule has 1 aromatic heterocycles. The summed E-state index contributed by atoms with van der Waals surface area (Å²) >= 11 is 0. The van der Waals surface area contributed by atoms with Gasteiger partial charge in [-0.2, -0.15) is 0 Å².